The third-order valence-electron chi connectivity index (χ3n) is 2.56. The van der Waals surface area contributed by atoms with Gasteiger partial charge in [0.1, 0.15) is 6.61 Å². The Morgan fingerprint density at radius 1 is 1.33 bits per heavy atom. The number of sulfone groups is 1. The molecular formula is C11H20O3S. The van der Waals surface area contributed by atoms with Gasteiger partial charge in [-0.05, 0) is 32.3 Å². The summed E-state index contributed by atoms with van der Waals surface area (Å²) in [6, 6.07) is 0. The molecule has 4 heteroatoms. The van der Waals surface area contributed by atoms with Crippen LogP contribution in [0.3, 0.4) is 0 Å². The average molecular weight is 232 g/mol. The normalized spacial score (nSPS) is 25.3. The summed E-state index contributed by atoms with van der Waals surface area (Å²) in [5.41, 5.74) is 1.06. The molecule has 1 atom stereocenters. The van der Waals surface area contributed by atoms with E-state index in [0.29, 0.717) is 12.4 Å². The van der Waals surface area contributed by atoms with Crippen molar-refractivity contribution in [1.29, 1.82) is 0 Å². The van der Waals surface area contributed by atoms with Gasteiger partial charge in [0.05, 0.1) is 17.3 Å². The van der Waals surface area contributed by atoms with Crippen molar-refractivity contribution in [1.82, 2.24) is 0 Å². The molecule has 1 aliphatic rings. The first-order valence-electron chi connectivity index (χ1n) is 5.49. The van der Waals surface area contributed by atoms with E-state index >= 15 is 0 Å². The van der Waals surface area contributed by atoms with Crippen LogP contribution in [0.2, 0.25) is 0 Å². The molecule has 1 aliphatic heterocycles. The molecule has 3 nitrogen and oxygen atoms in total. The topological polar surface area (TPSA) is 43.4 Å². The van der Waals surface area contributed by atoms with Crippen LogP contribution in [0.25, 0.3) is 0 Å². The maximum absolute atomic E-state index is 11.8. The summed E-state index contributed by atoms with van der Waals surface area (Å²) in [6.45, 7) is 4.18. The van der Waals surface area contributed by atoms with Gasteiger partial charge >= 0.3 is 0 Å². The van der Waals surface area contributed by atoms with Crippen LogP contribution in [0, 0.1) is 0 Å². The van der Waals surface area contributed by atoms with Gasteiger partial charge in [0.25, 0.3) is 0 Å². The van der Waals surface area contributed by atoms with Crippen LogP contribution in [-0.4, -0.2) is 26.0 Å². The molecule has 0 bridgehead atoms. The largest absolute Gasteiger partial charge is 0.500 e. The van der Waals surface area contributed by atoms with Crippen LogP contribution in [0.1, 0.15) is 39.5 Å². The highest BCUT2D eigenvalue weighted by Gasteiger charge is 2.27. The van der Waals surface area contributed by atoms with E-state index in [1.54, 1.807) is 6.26 Å². The fourth-order valence-electron chi connectivity index (χ4n) is 1.71. The van der Waals surface area contributed by atoms with Gasteiger partial charge in [-0.3, -0.25) is 0 Å². The maximum Gasteiger partial charge on any atom is 0.156 e. The van der Waals surface area contributed by atoms with Gasteiger partial charge in [0.2, 0.25) is 0 Å². The molecule has 0 aromatic carbocycles. The first-order valence-corrected chi connectivity index (χ1v) is 7.20. The van der Waals surface area contributed by atoms with Crippen LogP contribution in [0.15, 0.2) is 11.8 Å². The van der Waals surface area contributed by atoms with Gasteiger partial charge in [0.15, 0.2) is 9.84 Å². The van der Waals surface area contributed by atoms with Crippen molar-refractivity contribution in [2.45, 2.75) is 44.8 Å². The summed E-state index contributed by atoms with van der Waals surface area (Å²) in [6.07, 6.45) is 5.22. The summed E-state index contributed by atoms with van der Waals surface area (Å²) >= 11 is 0. The number of hydrogen-bond acceptors (Lipinski definition) is 3. The van der Waals surface area contributed by atoms with Gasteiger partial charge < -0.3 is 4.74 Å². The molecule has 1 rings (SSSR count). The van der Waals surface area contributed by atoms with Crippen molar-refractivity contribution in [3.63, 3.8) is 0 Å². The molecule has 0 aromatic rings. The second-order valence-electron chi connectivity index (χ2n) is 4.37. The van der Waals surface area contributed by atoms with Crippen LogP contribution in [0.5, 0.6) is 0 Å². The number of hydrogen-bond donors (Lipinski definition) is 0. The lowest BCUT2D eigenvalue weighted by Crippen LogP contribution is -2.26. The quantitative estimate of drug-likeness (QED) is 0.701. The van der Waals surface area contributed by atoms with E-state index in [4.69, 9.17) is 4.74 Å². The Bertz CT molecular complexity index is 313. The van der Waals surface area contributed by atoms with E-state index in [-0.39, 0.29) is 5.25 Å². The van der Waals surface area contributed by atoms with Crippen LogP contribution >= 0.6 is 0 Å². The molecule has 0 N–H and O–H groups in total. The lowest BCUT2D eigenvalue weighted by atomic mass is 10.2. The molecule has 15 heavy (non-hydrogen) atoms. The van der Waals surface area contributed by atoms with Gasteiger partial charge in [-0.15, -0.1) is 0 Å². The van der Waals surface area contributed by atoms with Crippen LogP contribution in [-0.2, 0) is 14.6 Å². The first-order chi connectivity index (χ1) is 7.02. The highest BCUT2D eigenvalue weighted by molar-refractivity contribution is 7.92. The molecule has 0 spiro atoms. The van der Waals surface area contributed by atoms with Gasteiger partial charge in [-0.25, -0.2) is 8.42 Å². The zero-order valence-corrected chi connectivity index (χ0v) is 10.3. The second kappa shape index (κ2) is 5.54. The molecule has 0 amide bonds. The molecule has 0 aliphatic carbocycles. The predicted octanol–water partition coefficient (Wildman–Crippen LogP) is 2.28. The summed E-state index contributed by atoms with van der Waals surface area (Å²) in [4.78, 5) is 0. The highest BCUT2D eigenvalue weighted by Crippen LogP contribution is 2.19. The molecule has 1 fully saturated rings. The summed E-state index contributed by atoms with van der Waals surface area (Å²) in [5.74, 6) is 0.329. The number of rotatable bonds is 3. The van der Waals surface area contributed by atoms with Crippen LogP contribution < -0.4 is 0 Å². The van der Waals surface area contributed by atoms with Crippen molar-refractivity contribution < 1.29 is 13.2 Å². The Balaban J connectivity index is 2.54. The highest BCUT2D eigenvalue weighted by atomic mass is 32.2. The molecule has 0 aromatic heterocycles. The Morgan fingerprint density at radius 3 is 2.73 bits per heavy atom. The third kappa shape index (κ3) is 4.24. The molecule has 1 heterocycles. The Kier molecular flexibility index (Phi) is 4.64. The molecule has 1 unspecified atom stereocenters. The zero-order valence-electron chi connectivity index (χ0n) is 9.53. The Labute approximate surface area is 92.4 Å². The van der Waals surface area contributed by atoms with E-state index in [2.05, 4.69) is 0 Å². The van der Waals surface area contributed by atoms with Crippen molar-refractivity contribution >= 4 is 9.84 Å². The van der Waals surface area contributed by atoms with Crippen molar-refractivity contribution in [3.8, 4) is 0 Å². The van der Waals surface area contributed by atoms with Crippen molar-refractivity contribution in [2.75, 3.05) is 12.4 Å². The summed E-state index contributed by atoms with van der Waals surface area (Å²) in [7, 11) is -2.91. The van der Waals surface area contributed by atoms with E-state index in [0.717, 1.165) is 31.3 Å². The van der Waals surface area contributed by atoms with Gasteiger partial charge in [0, 0.05) is 0 Å². The Morgan fingerprint density at radius 2 is 2.07 bits per heavy atom. The van der Waals surface area contributed by atoms with Crippen molar-refractivity contribution in [3.05, 3.63) is 11.8 Å². The number of ether oxygens (including phenoxy) is 1. The van der Waals surface area contributed by atoms with E-state index in [1.165, 1.54) is 0 Å². The molecule has 0 saturated carbocycles. The van der Waals surface area contributed by atoms with Gasteiger partial charge in [-0.2, -0.15) is 0 Å². The molecule has 88 valence electrons. The molecule has 1 saturated heterocycles. The average Bonchev–Trinajstić information content (AvgIpc) is 2.28. The summed E-state index contributed by atoms with van der Waals surface area (Å²) in [5, 5.41) is -0.296. The molecular weight excluding hydrogens is 212 g/mol. The SMILES string of the molecule is CC(C)=COCC1CCCCCS1(=O)=O. The van der Waals surface area contributed by atoms with E-state index in [1.807, 2.05) is 13.8 Å². The van der Waals surface area contributed by atoms with Crippen molar-refractivity contribution in [2.24, 2.45) is 0 Å². The van der Waals surface area contributed by atoms with Gasteiger partial charge in [-0.1, -0.05) is 12.8 Å². The van der Waals surface area contributed by atoms with Crippen LogP contribution in [0.4, 0.5) is 0 Å². The molecule has 0 radical (unpaired) electrons. The number of allylic oxidation sites excluding steroid dienone is 1. The monoisotopic (exact) mass is 232 g/mol. The minimum absolute atomic E-state index is 0.296. The smallest absolute Gasteiger partial charge is 0.156 e. The van der Waals surface area contributed by atoms with E-state index in [9.17, 15) is 8.42 Å². The fraction of sp³-hybridized carbons (Fsp3) is 0.818. The first kappa shape index (κ1) is 12.6. The summed E-state index contributed by atoms with van der Waals surface area (Å²) < 4.78 is 28.8. The maximum atomic E-state index is 11.8. The zero-order chi connectivity index (χ0) is 11.3. The minimum Gasteiger partial charge on any atom is -0.500 e. The lowest BCUT2D eigenvalue weighted by molar-refractivity contribution is 0.240. The third-order valence-corrected chi connectivity index (χ3v) is 4.81. The predicted molar refractivity (Wildman–Crippen MR) is 61.4 cm³/mol. The lowest BCUT2D eigenvalue weighted by Gasteiger charge is -2.13. The second-order valence-corrected chi connectivity index (χ2v) is 6.77. The van der Waals surface area contributed by atoms with E-state index < -0.39 is 9.84 Å². The Hall–Kier alpha value is -0.510. The minimum atomic E-state index is -2.91. The standard InChI is InChI=1S/C11H20O3S/c1-10(2)8-14-9-11-6-4-3-5-7-15(11,12)13/h8,11H,3-7,9H2,1-2H3. The fourth-order valence-corrected chi connectivity index (χ4v) is 3.46.